The van der Waals surface area contributed by atoms with Gasteiger partial charge in [0.05, 0.1) is 24.0 Å². The largest absolute Gasteiger partial charge is 0.586 e. The van der Waals surface area contributed by atoms with Gasteiger partial charge in [0.25, 0.3) is 45.8 Å². The van der Waals surface area contributed by atoms with Gasteiger partial charge in [0.1, 0.15) is 41.4 Å². The summed E-state index contributed by atoms with van der Waals surface area (Å²) in [5.41, 5.74) is 5.11. The van der Waals surface area contributed by atoms with Gasteiger partial charge >= 0.3 is 36.3 Å². The summed E-state index contributed by atoms with van der Waals surface area (Å²) in [5.74, 6) is -6.72. The molecule has 12 aromatic heterocycles. The van der Waals surface area contributed by atoms with Crippen LogP contribution in [0.4, 0.5) is 48.3 Å². The van der Waals surface area contributed by atoms with Crippen molar-refractivity contribution in [2.75, 3.05) is 0 Å². The first kappa shape index (κ1) is 55.3. The van der Waals surface area contributed by atoms with E-state index in [1.54, 1.807) is 92.2 Å². The first-order valence-electron chi connectivity index (χ1n) is 27.6. The minimum absolute atomic E-state index is 0.124. The predicted molar refractivity (Wildman–Crippen MR) is 279 cm³/mol. The molecule has 0 bridgehead atoms. The number of rotatable bonds is 0. The number of alkyl halides is 9. The van der Waals surface area contributed by atoms with Crippen LogP contribution < -0.4 is 27.4 Å². The van der Waals surface area contributed by atoms with Crippen LogP contribution in [-0.2, 0) is 41.7 Å². The molecule has 18 rings (SSSR count). The van der Waals surface area contributed by atoms with E-state index in [0.717, 1.165) is 50.2 Å². The molecule has 0 saturated heterocycles. The Morgan fingerprint density at radius 1 is 0.418 bits per heavy atom. The second-order valence-corrected chi connectivity index (χ2v) is 23.0. The summed E-state index contributed by atoms with van der Waals surface area (Å²) in [6.07, 6.45) is 0.558. The van der Waals surface area contributed by atoms with E-state index in [4.69, 9.17) is 0 Å². The summed E-state index contributed by atoms with van der Waals surface area (Å²) in [5, 5.41) is 25.2. The van der Waals surface area contributed by atoms with Crippen molar-refractivity contribution in [2.24, 2.45) is 0 Å². The fraction of sp³-hybridized carbons (Fsp3) is 0.250. The lowest BCUT2D eigenvalue weighted by Crippen LogP contribution is -2.77. The topological polar surface area (TPSA) is 208 Å². The summed E-state index contributed by atoms with van der Waals surface area (Å²) in [6, 6.07) is 16.8. The van der Waals surface area contributed by atoms with Gasteiger partial charge in [-0.3, -0.25) is 4.98 Å². The molecule has 6 aliphatic heterocycles. The quantitative estimate of drug-likeness (QED) is 0.149. The van der Waals surface area contributed by atoms with Crippen molar-refractivity contribution in [1.82, 2.24) is 88.6 Å². The van der Waals surface area contributed by atoms with Crippen molar-refractivity contribution in [1.29, 1.82) is 0 Å². The van der Waals surface area contributed by atoms with Crippen molar-refractivity contribution in [3.05, 3.63) is 180 Å². The summed E-state index contributed by atoms with van der Waals surface area (Å²) >= 11 is 0. The molecule has 0 saturated carbocycles. The maximum absolute atomic E-state index is 14.2. The van der Waals surface area contributed by atoms with E-state index in [2.05, 4.69) is 81.3 Å². The van der Waals surface area contributed by atoms with E-state index in [0.29, 0.717) is 51.8 Å². The van der Waals surface area contributed by atoms with Gasteiger partial charge in [-0.25, -0.2) is 23.7 Å². The first-order valence-corrected chi connectivity index (χ1v) is 27.6. The van der Waals surface area contributed by atoms with Crippen molar-refractivity contribution in [3.8, 4) is 68.8 Å². The Hall–Kier alpha value is -11.0. The normalized spacial score (nSPS) is 18.6. The summed E-state index contributed by atoms with van der Waals surface area (Å²) in [7, 11) is 0. The lowest BCUT2D eigenvalue weighted by atomic mass is 9.87. The number of fused-ring (bicyclic) bond motifs is 30. The SMILES string of the molecule is Cc1c[n+]2c(cn1)-c1cc(C)nn1C21n2nc(C(F)(F)F)cc2-c2cncc[n+]21.Cc1nc2n(n1)C1(n3nc(C(F)(F)F)nc3-c3cc(F)cc[n+]31)[n+]1ccc(C(C)(C)C)cc1-2.Cc1nc2n(n1)C1(n3nc(C(F)(F)F)nc3-c3cc(F)cc[n+]31)[n+]1ccccc1-2. The molecule has 3 unspecified atom stereocenters. The molecule has 0 fully saturated rings. The van der Waals surface area contributed by atoms with Crippen LogP contribution in [0, 0.1) is 39.3 Å². The highest BCUT2D eigenvalue weighted by Crippen LogP contribution is 2.43. The fourth-order valence-electron chi connectivity index (χ4n) is 12.7. The molecular formula is C56H41F11N24+6. The highest BCUT2D eigenvalue weighted by atomic mass is 19.4. The number of halogens is 11. The zero-order valence-corrected chi connectivity index (χ0v) is 47.9. The Morgan fingerprint density at radius 3 is 1.47 bits per heavy atom. The average molecular weight is 1260 g/mol. The molecule has 3 atom stereocenters. The summed E-state index contributed by atoms with van der Waals surface area (Å²) in [6.45, 7) is 13.2. The van der Waals surface area contributed by atoms with Crippen LogP contribution in [0.2, 0.25) is 0 Å². The molecule has 0 radical (unpaired) electrons. The van der Waals surface area contributed by atoms with Crippen LogP contribution >= 0.6 is 0 Å². The van der Waals surface area contributed by atoms with Gasteiger partial charge in [0, 0.05) is 42.5 Å². The van der Waals surface area contributed by atoms with E-state index in [1.165, 1.54) is 44.8 Å². The zero-order valence-electron chi connectivity index (χ0n) is 47.9. The van der Waals surface area contributed by atoms with Crippen molar-refractivity contribution >= 4 is 0 Å². The molecule has 0 aromatic carbocycles. The Labute approximate surface area is 502 Å². The monoisotopic (exact) mass is 1260 g/mol. The summed E-state index contributed by atoms with van der Waals surface area (Å²) in [4.78, 5) is 24.9. The molecule has 0 N–H and O–H groups in total. The fourth-order valence-corrected chi connectivity index (χ4v) is 12.7. The molecule has 24 nitrogen and oxygen atoms in total. The van der Waals surface area contributed by atoms with Crippen molar-refractivity contribution < 1.29 is 75.7 Å². The zero-order chi connectivity index (χ0) is 63.8. The van der Waals surface area contributed by atoms with Crippen LogP contribution in [0.5, 0.6) is 0 Å². The van der Waals surface area contributed by atoms with Gasteiger partial charge in [0.15, 0.2) is 48.1 Å². The average Bonchev–Trinajstić information content (AvgIpc) is 1.52. The highest BCUT2D eigenvalue weighted by molar-refractivity contribution is 5.58. The van der Waals surface area contributed by atoms with E-state index in [1.807, 2.05) is 41.2 Å². The molecule has 35 heteroatoms. The molecule has 6 aliphatic rings. The van der Waals surface area contributed by atoms with Gasteiger partial charge in [-0.05, 0) is 50.8 Å². The third kappa shape index (κ3) is 7.20. The molecule has 91 heavy (non-hydrogen) atoms. The molecule has 0 amide bonds. The van der Waals surface area contributed by atoms with E-state index < -0.39 is 65.2 Å². The number of hydrogen-bond donors (Lipinski definition) is 0. The third-order valence-electron chi connectivity index (χ3n) is 16.3. The summed E-state index contributed by atoms with van der Waals surface area (Å²) < 4.78 is 168. The number of aromatic nitrogens is 24. The van der Waals surface area contributed by atoms with Crippen LogP contribution in [-0.4, -0.2) is 88.6 Å². The minimum atomic E-state index is -4.78. The van der Waals surface area contributed by atoms with E-state index in [9.17, 15) is 48.3 Å². The second kappa shape index (κ2) is 17.6. The van der Waals surface area contributed by atoms with Crippen LogP contribution in [0.3, 0.4) is 0 Å². The number of aryl methyl sites for hydroxylation is 4. The Kier molecular flexibility index (Phi) is 10.7. The number of nitrogens with zero attached hydrogens (tertiary/aromatic N) is 24. The molecule has 18 heterocycles. The maximum Gasteiger partial charge on any atom is 0.586 e. The highest BCUT2D eigenvalue weighted by Gasteiger charge is 2.74. The minimum Gasteiger partial charge on any atom is -0.251 e. The van der Waals surface area contributed by atoms with Crippen molar-refractivity contribution in [2.45, 2.75) is 90.1 Å². The van der Waals surface area contributed by atoms with Crippen molar-refractivity contribution in [3.63, 3.8) is 0 Å². The second-order valence-electron chi connectivity index (χ2n) is 23.0. The smallest absolute Gasteiger partial charge is 0.251 e. The Morgan fingerprint density at radius 2 is 0.901 bits per heavy atom. The molecule has 456 valence electrons. The standard InChI is InChI=1S/C21H18F4N8.C18H13F3N8.C17H10F4N8/c1-11-26-16-14-9-12(19(2,3)4)5-7-30(14)21(32(16)28-11)31-8-6-13(22)10-15(31)17-27-18(20(23,24)25)29-33(17)21;1-10-5-12-15-8-23-11(2)9-27(15)18(28(12)24-10)26-4-3-22-7-14(26)13-6-16(17(19,20)21)25-29(13)18;1-9-22-13-11-4-2-3-6-26(11)17(28(13)24-9)27-7-5-10(18)8-12(27)14-23-15(16(19,20)21)25-29(14)17/h5-10H,1-4H3;3-9H,1-2H3;2-8H,1H3/q3*+2. The van der Waals surface area contributed by atoms with Gasteiger partial charge in [-0.2, -0.15) is 59.7 Å². The van der Waals surface area contributed by atoms with Gasteiger partial charge in [0.2, 0.25) is 29.5 Å². The molecule has 12 aromatic rings. The van der Waals surface area contributed by atoms with Crippen LogP contribution in [0.25, 0.3) is 68.8 Å². The number of pyridine rings is 4. The van der Waals surface area contributed by atoms with Gasteiger partial charge < -0.3 is 0 Å². The predicted octanol–water partition coefficient (Wildman–Crippen LogP) is 4.72. The van der Waals surface area contributed by atoms with Crippen LogP contribution in [0.1, 0.15) is 66.7 Å². The molecule has 3 spiro atoms. The molecule has 0 aliphatic carbocycles. The first-order chi connectivity index (χ1) is 43.0. The van der Waals surface area contributed by atoms with E-state index in [-0.39, 0.29) is 28.5 Å². The number of hydrogen-bond acceptors (Lipinski definition) is 12. The lowest BCUT2D eigenvalue weighted by molar-refractivity contribution is -0.991. The van der Waals surface area contributed by atoms with E-state index >= 15 is 0 Å². The Balaban J connectivity index is 0.000000109. The van der Waals surface area contributed by atoms with Gasteiger partial charge in [-0.15, -0.1) is 29.8 Å². The third-order valence-corrected chi connectivity index (χ3v) is 16.3. The maximum atomic E-state index is 14.2. The van der Waals surface area contributed by atoms with Gasteiger partial charge in [-0.1, -0.05) is 66.9 Å². The van der Waals surface area contributed by atoms with Crippen LogP contribution in [0.15, 0.2) is 123 Å². The molecular weight excluding hydrogens is 1220 g/mol. The lowest BCUT2D eigenvalue weighted by Gasteiger charge is -2.19. The Bertz CT molecular complexity index is 5150.